The molecule has 5 heteroatoms. The van der Waals surface area contributed by atoms with Crippen molar-refractivity contribution in [2.24, 2.45) is 0 Å². The molecule has 0 saturated heterocycles. The van der Waals surface area contributed by atoms with Crippen LogP contribution in [0, 0.1) is 0 Å². The molecule has 0 aliphatic rings. The Kier molecular flexibility index (Phi) is 3.08. The largest absolute Gasteiger partial charge is 0.270 e. The molecule has 0 spiro atoms. The van der Waals surface area contributed by atoms with Crippen molar-refractivity contribution in [3.63, 3.8) is 0 Å². The number of fused-ring (bicyclic) bond motifs is 1. The number of aromatic nitrogens is 2. The zero-order valence-electron chi connectivity index (χ0n) is 7.13. The summed E-state index contributed by atoms with van der Waals surface area (Å²) in [5.41, 5.74) is -0.546. The molecular weight excluding hydrogens is 179 g/mol. The number of nitrogens with one attached hydrogen (secondary N) is 2. The minimum Gasteiger partial charge on any atom is -0.267 e. The molecule has 0 saturated carbocycles. The van der Waals surface area contributed by atoms with Gasteiger partial charge in [0.15, 0.2) is 0 Å². The monoisotopic (exact) mass is 185 g/mol. The van der Waals surface area contributed by atoms with Crippen molar-refractivity contribution >= 4 is 40.3 Å². The minimum atomic E-state index is -0.273. The molecule has 4 nitrogen and oxygen atoms in total. The minimum absolute atomic E-state index is 0. The molecule has 13 heavy (non-hydrogen) atoms. The molecule has 1 aromatic carbocycles. The topological polar surface area (TPSA) is 65.7 Å². The van der Waals surface area contributed by atoms with Crippen LogP contribution in [0.1, 0.15) is 0 Å². The van der Waals surface area contributed by atoms with E-state index in [1.807, 2.05) is 0 Å². The molecule has 1 radical (unpaired) electrons. The predicted molar refractivity (Wildman–Crippen MR) is 50.9 cm³/mol. The van der Waals surface area contributed by atoms with Crippen LogP contribution in [-0.4, -0.2) is 39.8 Å². The van der Waals surface area contributed by atoms with Gasteiger partial charge in [-0.15, -0.1) is 0 Å². The molecule has 0 unspecified atom stereocenters. The molecule has 61 valence electrons. The van der Waals surface area contributed by atoms with E-state index in [9.17, 15) is 9.59 Å². The van der Waals surface area contributed by atoms with Crippen molar-refractivity contribution in [3.8, 4) is 0 Å². The predicted octanol–water partition coefficient (Wildman–Crippen LogP) is -0.164. The second kappa shape index (κ2) is 3.91. The molecule has 0 bridgehead atoms. The third kappa shape index (κ3) is 1.75. The standard InChI is InChI=1S/C8H6N2O2.Na/c11-7-5-3-1-2-4-6(5)8(12)10-9-7;/h1-4H,(H,9,11)(H,10,12);. The van der Waals surface area contributed by atoms with Gasteiger partial charge in [-0.05, 0) is 12.1 Å². The van der Waals surface area contributed by atoms with Gasteiger partial charge in [-0.2, -0.15) is 0 Å². The molecule has 0 amide bonds. The van der Waals surface area contributed by atoms with Gasteiger partial charge in [-0.25, -0.2) is 0 Å². The van der Waals surface area contributed by atoms with Crippen LogP contribution < -0.4 is 11.1 Å². The smallest absolute Gasteiger partial charge is 0.267 e. The summed E-state index contributed by atoms with van der Waals surface area (Å²) in [6.45, 7) is 0. The van der Waals surface area contributed by atoms with Gasteiger partial charge in [0.1, 0.15) is 0 Å². The van der Waals surface area contributed by atoms with Gasteiger partial charge in [0.25, 0.3) is 11.1 Å². The van der Waals surface area contributed by atoms with Crippen molar-refractivity contribution in [1.82, 2.24) is 10.2 Å². The molecule has 0 aliphatic heterocycles. The van der Waals surface area contributed by atoms with Crippen LogP contribution in [0.25, 0.3) is 10.8 Å². The Morgan fingerprint density at radius 2 is 1.23 bits per heavy atom. The Hall–Kier alpha value is -0.840. The Labute approximate surface area is 95.3 Å². The normalized spacial score (nSPS) is 9.54. The SMILES string of the molecule is O=c1[nH][nH]c(=O)c2ccccc12.[Na]. The fourth-order valence-electron chi connectivity index (χ4n) is 1.13. The molecule has 2 aromatic rings. The average Bonchev–Trinajstić information content (AvgIpc) is 2.12. The zero-order valence-corrected chi connectivity index (χ0v) is 9.13. The van der Waals surface area contributed by atoms with Gasteiger partial charge >= 0.3 is 0 Å². The summed E-state index contributed by atoms with van der Waals surface area (Å²) in [5, 5.41) is 5.33. The van der Waals surface area contributed by atoms with E-state index in [1.54, 1.807) is 24.3 Å². The van der Waals surface area contributed by atoms with Crippen LogP contribution in [0.4, 0.5) is 0 Å². The maximum Gasteiger partial charge on any atom is 0.270 e. The van der Waals surface area contributed by atoms with Crippen LogP contribution in [0.15, 0.2) is 33.9 Å². The first kappa shape index (κ1) is 10.2. The molecule has 2 rings (SSSR count). The van der Waals surface area contributed by atoms with E-state index >= 15 is 0 Å². The Morgan fingerprint density at radius 1 is 0.846 bits per heavy atom. The van der Waals surface area contributed by atoms with E-state index < -0.39 is 0 Å². The third-order valence-corrected chi connectivity index (χ3v) is 1.71. The van der Waals surface area contributed by atoms with E-state index in [1.165, 1.54) is 0 Å². The Morgan fingerprint density at radius 3 is 1.62 bits per heavy atom. The molecule has 0 aliphatic carbocycles. The maximum absolute atomic E-state index is 11.1. The Balaban J connectivity index is 0.000000845. The van der Waals surface area contributed by atoms with Gasteiger partial charge in [0.05, 0.1) is 10.8 Å². The summed E-state index contributed by atoms with van der Waals surface area (Å²) >= 11 is 0. The van der Waals surface area contributed by atoms with Gasteiger partial charge in [-0.1, -0.05) is 12.1 Å². The van der Waals surface area contributed by atoms with Crippen LogP contribution in [0.2, 0.25) is 0 Å². The van der Waals surface area contributed by atoms with Gasteiger partial charge in [0, 0.05) is 29.6 Å². The first-order valence-corrected chi connectivity index (χ1v) is 3.49. The van der Waals surface area contributed by atoms with Crippen molar-refractivity contribution in [3.05, 3.63) is 45.0 Å². The van der Waals surface area contributed by atoms with Crippen molar-refractivity contribution < 1.29 is 0 Å². The maximum atomic E-state index is 11.1. The fourth-order valence-corrected chi connectivity index (χ4v) is 1.13. The molecule has 1 aromatic heterocycles. The summed E-state index contributed by atoms with van der Waals surface area (Å²) in [6.07, 6.45) is 0. The van der Waals surface area contributed by atoms with Crippen LogP contribution in [0.3, 0.4) is 0 Å². The fraction of sp³-hybridized carbons (Fsp3) is 0. The summed E-state index contributed by atoms with van der Waals surface area (Å²) in [6, 6.07) is 6.67. The number of benzene rings is 1. The average molecular weight is 185 g/mol. The first-order valence-electron chi connectivity index (χ1n) is 3.49. The zero-order chi connectivity index (χ0) is 8.55. The summed E-state index contributed by atoms with van der Waals surface area (Å²) in [4.78, 5) is 22.2. The molecule has 0 fully saturated rings. The van der Waals surface area contributed by atoms with Crippen LogP contribution in [0.5, 0.6) is 0 Å². The molecule has 0 atom stereocenters. The third-order valence-electron chi connectivity index (χ3n) is 1.71. The molecular formula is C8H6N2NaO2. The first-order chi connectivity index (χ1) is 5.79. The van der Waals surface area contributed by atoms with Crippen molar-refractivity contribution in [1.29, 1.82) is 0 Å². The van der Waals surface area contributed by atoms with E-state index in [4.69, 9.17) is 0 Å². The number of hydrogen-bond acceptors (Lipinski definition) is 2. The summed E-state index contributed by atoms with van der Waals surface area (Å²) < 4.78 is 0. The Bertz CT molecular complexity index is 481. The number of hydrogen-bond donors (Lipinski definition) is 2. The van der Waals surface area contributed by atoms with Gasteiger partial charge in [0.2, 0.25) is 0 Å². The van der Waals surface area contributed by atoms with E-state index in [0.29, 0.717) is 10.8 Å². The second-order valence-electron chi connectivity index (χ2n) is 2.45. The van der Waals surface area contributed by atoms with Gasteiger partial charge in [-0.3, -0.25) is 19.8 Å². The number of aromatic amines is 2. The van der Waals surface area contributed by atoms with Crippen LogP contribution in [-0.2, 0) is 0 Å². The number of H-pyrrole nitrogens is 2. The van der Waals surface area contributed by atoms with Gasteiger partial charge < -0.3 is 0 Å². The molecule has 1 heterocycles. The van der Waals surface area contributed by atoms with Crippen molar-refractivity contribution in [2.45, 2.75) is 0 Å². The second-order valence-corrected chi connectivity index (χ2v) is 2.45. The van der Waals surface area contributed by atoms with E-state index in [0.717, 1.165) is 0 Å². The summed E-state index contributed by atoms with van der Waals surface area (Å²) in [7, 11) is 0. The van der Waals surface area contributed by atoms with E-state index in [-0.39, 0.29) is 40.7 Å². The number of rotatable bonds is 0. The van der Waals surface area contributed by atoms with E-state index in [2.05, 4.69) is 10.2 Å². The molecule has 2 N–H and O–H groups in total. The quantitative estimate of drug-likeness (QED) is 0.560. The van der Waals surface area contributed by atoms with Crippen molar-refractivity contribution in [2.75, 3.05) is 0 Å². The van der Waals surface area contributed by atoms with Crippen LogP contribution >= 0.6 is 0 Å². The summed E-state index contributed by atoms with van der Waals surface area (Å²) in [5.74, 6) is 0.